The molecule has 7 nitrogen and oxygen atoms in total. The molecule has 1 aromatic carbocycles. The predicted molar refractivity (Wildman–Crippen MR) is 101 cm³/mol. The third kappa shape index (κ3) is 3.83. The number of ether oxygens (including phenoxy) is 1. The number of carbonyl (C=O) groups excluding carboxylic acids is 2. The molecule has 26 heavy (non-hydrogen) atoms. The zero-order chi connectivity index (χ0) is 18.6. The van der Waals surface area contributed by atoms with E-state index in [4.69, 9.17) is 16.2 Å². The van der Waals surface area contributed by atoms with Crippen molar-refractivity contribution in [2.75, 3.05) is 43.1 Å². The van der Waals surface area contributed by atoms with Gasteiger partial charge in [-0.2, -0.15) is 0 Å². The molecule has 0 aromatic heterocycles. The number of piperidine rings is 1. The van der Waals surface area contributed by atoms with E-state index in [-0.39, 0.29) is 5.91 Å². The van der Waals surface area contributed by atoms with Crippen molar-refractivity contribution in [1.82, 2.24) is 0 Å². The van der Waals surface area contributed by atoms with Crippen molar-refractivity contribution in [2.24, 2.45) is 16.9 Å². The van der Waals surface area contributed by atoms with E-state index in [1.54, 1.807) is 12.1 Å². The van der Waals surface area contributed by atoms with Gasteiger partial charge in [0.2, 0.25) is 5.91 Å². The Morgan fingerprint density at radius 1 is 1.15 bits per heavy atom. The summed E-state index contributed by atoms with van der Waals surface area (Å²) in [5.74, 6) is -0.536. The third-order valence-electron chi connectivity index (χ3n) is 5.54. The fourth-order valence-corrected chi connectivity index (χ4v) is 3.76. The van der Waals surface area contributed by atoms with Crippen molar-refractivity contribution < 1.29 is 14.3 Å². The Morgan fingerprint density at radius 3 is 2.46 bits per heavy atom. The Morgan fingerprint density at radius 2 is 1.85 bits per heavy atom. The van der Waals surface area contributed by atoms with Gasteiger partial charge in [0.25, 0.3) is 5.91 Å². The van der Waals surface area contributed by atoms with Crippen LogP contribution in [0.2, 0.25) is 0 Å². The number of rotatable bonds is 5. The second kappa shape index (κ2) is 8.05. The first-order valence-electron chi connectivity index (χ1n) is 9.34. The van der Waals surface area contributed by atoms with Gasteiger partial charge < -0.3 is 26.4 Å². The zero-order valence-corrected chi connectivity index (χ0v) is 15.1. The summed E-state index contributed by atoms with van der Waals surface area (Å²) in [6.45, 7) is 3.17. The van der Waals surface area contributed by atoms with Gasteiger partial charge in [0.05, 0.1) is 16.7 Å². The highest BCUT2D eigenvalue weighted by atomic mass is 16.5. The van der Waals surface area contributed by atoms with Crippen LogP contribution in [-0.2, 0) is 9.53 Å². The molecule has 5 N–H and O–H groups in total. The fourth-order valence-electron chi connectivity index (χ4n) is 3.76. The van der Waals surface area contributed by atoms with Crippen LogP contribution in [0, 0.1) is 5.41 Å². The Hall–Kier alpha value is -2.12. The minimum atomic E-state index is -0.591. The minimum Gasteiger partial charge on any atom is -0.381 e. The van der Waals surface area contributed by atoms with Gasteiger partial charge in [-0.15, -0.1) is 0 Å². The van der Waals surface area contributed by atoms with Gasteiger partial charge in [0.1, 0.15) is 0 Å². The molecular weight excluding hydrogens is 332 g/mol. The number of carbonyl (C=O) groups is 2. The number of hydrogen-bond acceptors (Lipinski definition) is 5. The second-order valence-electron chi connectivity index (χ2n) is 7.19. The van der Waals surface area contributed by atoms with Crippen molar-refractivity contribution in [3.05, 3.63) is 23.8 Å². The molecule has 2 aliphatic heterocycles. The van der Waals surface area contributed by atoms with Crippen LogP contribution in [0.3, 0.4) is 0 Å². The van der Waals surface area contributed by atoms with Crippen LogP contribution in [0.4, 0.5) is 11.4 Å². The smallest absolute Gasteiger partial charge is 0.250 e. The lowest BCUT2D eigenvalue weighted by Crippen LogP contribution is -2.46. The van der Waals surface area contributed by atoms with Crippen molar-refractivity contribution in [3.63, 3.8) is 0 Å². The zero-order valence-electron chi connectivity index (χ0n) is 15.1. The van der Waals surface area contributed by atoms with E-state index in [1.807, 2.05) is 6.07 Å². The molecule has 0 radical (unpaired) electrons. The van der Waals surface area contributed by atoms with E-state index >= 15 is 0 Å². The first-order valence-corrected chi connectivity index (χ1v) is 9.34. The summed E-state index contributed by atoms with van der Waals surface area (Å²) in [5, 5.41) is 3.00. The summed E-state index contributed by atoms with van der Waals surface area (Å²) in [5.41, 5.74) is 12.8. The molecule has 2 aliphatic rings. The quantitative estimate of drug-likeness (QED) is 0.736. The van der Waals surface area contributed by atoms with E-state index < -0.39 is 11.3 Å². The molecule has 0 aliphatic carbocycles. The number of hydrogen-bond donors (Lipinski definition) is 3. The number of primary amides is 1. The Labute approximate surface area is 154 Å². The fraction of sp³-hybridized carbons (Fsp3) is 0.579. The van der Waals surface area contributed by atoms with Crippen molar-refractivity contribution in [3.8, 4) is 0 Å². The minimum absolute atomic E-state index is 0.0836. The van der Waals surface area contributed by atoms with Crippen LogP contribution in [0.15, 0.2) is 18.2 Å². The van der Waals surface area contributed by atoms with Crippen LogP contribution in [0.1, 0.15) is 42.5 Å². The summed E-state index contributed by atoms with van der Waals surface area (Å²) in [4.78, 5) is 26.9. The summed E-state index contributed by atoms with van der Waals surface area (Å²) in [6, 6.07) is 5.28. The van der Waals surface area contributed by atoms with Crippen LogP contribution >= 0.6 is 0 Å². The van der Waals surface area contributed by atoms with E-state index in [0.717, 1.165) is 31.6 Å². The maximum atomic E-state index is 12.9. The lowest BCUT2D eigenvalue weighted by atomic mass is 9.79. The Kier molecular flexibility index (Phi) is 5.78. The normalized spacial score (nSPS) is 19.8. The molecular formula is C19H28N4O3. The lowest BCUT2D eigenvalue weighted by molar-refractivity contribution is -0.130. The number of benzene rings is 1. The maximum absolute atomic E-state index is 12.9. The van der Waals surface area contributed by atoms with Crippen molar-refractivity contribution in [1.29, 1.82) is 0 Å². The molecule has 0 saturated carbocycles. The van der Waals surface area contributed by atoms with Gasteiger partial charge in [0.15, 0.2) is 0 Å². The third-order valence-corrected chi connectivity index (χ3v) is 5.54. The number of nitrogens with zero attached hydrogens (tertiary/aromatic N) is 1. The average Bonchev–Trinajstić information content (AvgIpc) is 2.69. The molecule has 0 unspecified atom stereocenters. The molecule has 1 aromatic rings. The highest BCUT2D eigenvalue weighted by Gasteiger charge is 2.38. The summed E-state index contributed by atoms with van der Waals surface area (Å²) >= 11 is 0. The maximum Gasteiger partial charge on any atom is 0.250 e. The molecule has 0 spiro atoms. The molecule has 2 fully saturated rings. The summed E-state index contributed by atoms with van der Waals surface area (Å²) < 4.78 is 5.37. The summed E-state index contributed by atoms with van der Waals surface area (Å²) in [6.07, 6.45) is 4.61. The molecule has 142 valence electrons. The van der Waals surface area contributed by atoms with E-state index in [1.165, 1.54) is 6.42 Å². The monoisotopic (exact) mass is 360 g/mol. The second-order valence-corrected chi connectivity index (χ2v) is 7.19. The van der Waals surface area contributed by atoms with Crippen LogP contribution in [0.5, 0.6) is 0 Å². The lowest BCUT2D eigenvalue weighted by Gasteiger charge is -2.35. The topological polar surface area (TPSA) is 111 Å². The van der Waals surface area contributed by atoms with E-state index in [2.05, 4.69) is 10.2 Å². The predicted octanol–water partition coefficient (Wildman–Crippen LogP) is 1.47. The Bertz CT molecular complexity index is 665. The van der Waals surface area contributed by atoms with Crippen LogP contribution in [-0.4, -0.2) is 44.7 Å². The van der Waals surface area contributed by atoms with Crippen LogP contribution < -0.4 is 21.7 Å². The molecule has 7 heteroatoms. The number of amides is 2. The van der Waals surface area contributed by atoms with Gasteiger partial charge in [-0.25, -0.2) is 0 Å². The Balaban J connectivity index is 1.83. The first kappa shape index (κ1) is 18.7. The number of nitrogens with two attached hydrogens (primary N) is 2. The molecule has 3 rings (SSSR count). The first-order chi connectivity index (χ1) is 12.6. The molecule has 2 heterocycles. The van der Waals surface area contributed by atoms with Gasteiger partial charge in [-0.3, -0.25) is 9.59 Å². The van der Waals surface area contributed by atoms with Gasteiger partial charge in [-0.05, 0) is 50.3 Å². The largest absolute Gasteiger partial charge is 0.381 e. The van der Waals surface area contributed by atoms with Gasteiger partial charge in [0, 0.05) is 38.5 Å². The van der Waals surface area contributed by atoms with Gasteiger partial charge in [-0.1, -0.05) is 0 Å². The van der Waals surface area contributed by atoms with E-state index in [0.29, 0.717) is 43.9 Å². The highest BCUT2D eigenvalue weighted by Crippen LogP contribution is 2.32. The summed E-state index contributed by atoms with van der Waals surface area (Å²) in [7, 11) is 0. The standard InChI is InChI=1S/C19H28N4O3/c20-13-19(6-10-26-11-7-19)18(25)22-14-4-5-15(17(21)24)16(12-14)23-8-2-1-3-9-23/h4-5,12H,1-3,6-11,13,20H2,(H2,21,24)(H,22,25). The van der Waals surface area contributed by atoms with Gasteiger partial charge >= 0.3 is 0 Å². The molecule has 2 saturated heterocycles. The molecule has 0 atom stereocenters. The molecule has 2 amide bonds. The average molecular weight is 360 g/mol. The van der Waals surface area contributed by atoms with Crippen molar-refractivity contribution in [2.45, 2.75) is 32.1 Å². The van der Waals surface area contributed by atoms with Crippen molar-refractivity contribution >= 4 is 23.2 Å². The highest BCUT2D eigenvalue weighted by molar-refractivity contribution is 6.01. The SMILES string of the molecule is NCC1(C(=O)Nc2ccc(C(N)=O)c(N3CCCCC3)c2)CCOCC1. The molecule has 0 bridgehead atoms. The van der Waals surface area contributed by atoms with E-state index in [9.17, 15) is 9.59 Å². The van der Waals surface area contributed by atoms with Crippen LogP contribution in [0.25, 0.3) is 0 Å². The number of nitrogens with one attached hydrogen (secondary N) is 1. The number of anilines is 2.